The Labute approximate surface area is 285 Å². The zero-order chi connectivity index (χ0) is 35.1. The largest absolute Gasteiger partial charge is 0.465 e. The molecule has 48 heavy (non-hydrogen) atoms. The Kier molecular flexibility index (Phi) is 20.0. The van der Waals surface area contributed by atoms with Crippen molar-refractivity contribution in [3.05, 3.63) is 53.1 Å². The molecule has 11 heteroatoms. The molecule has 0 aromatic heterocycles. The summed E-state index contributed by atoms with van der Waals surface area (Å²) in [5, 5.41) is 14.3. The number of aliphatic hydroxyl groups excluding tert-OH is 1. The minimum absolute atomic E-state index is 0.0124. The first kappa shape index (κ1) is 40.5. The molecule has 266 valence electrons. The molecule has 0 aliphatic heterocycles. The second-order valence-electron chi connectivity index (χ2n) is 11.5. The Bertz CT molecular complexity index is 1290. The van der Waals surface area contributed by atoms with Gasteiger partial charge in [0.2, 0.25) is 11.8 Å². The zero-order valence-electron chi connectivity index (χ0n) is 29.1. The van der Waals surface area contributed by atoms with Crippen molar-refractivity contribution in [3.8, 4) is 11.1 Å². The molecule has 0 heterocycles. The van der Waals surface area contributed by atoms with Gasteiger partial charge in [-0.15, -0.1) is 0 Å². The summed E-state index contributed by atoms with van der Waals surface area (Å²) in [6.07, 6.45) is 5.47. The van der Waals surface area contributed by atoms with Gasteiger partial charge in [0, 0.05) is 97.2 Å². The first-order valence-electron chi connectivity index (χ1n) is 17.0. The number of ketones is 1. The lowest BCUT2D eigenvalue weighted by atomic mass is 9.93. The summed E-state index contributed by atoms with van der Waals surface area (Å²) in [5.41, 5.74) is 4.72. The molecule has 2 aromatic rings. The molecule has 0 saturated carbocycles. The van der Waals surface area contributed by atoms with Gasteiger partial charge in [0.05, 0.1) is 0 Å². The standard InChI is InChI=1S/C30H38N2O7.C7H16O2/c1-20(34)39-19-26-22-8-5-9-24(27(35)10-7-17-38-16-4-3-15-33)30(22)23-14-13-21(18-25(23)26)32-29(37)12-6-11-28(36)31-2;1-3-5-9-7-4-6-8-2/h5,8-9,13-14,18,26,33H,3-4,6-7,10-12,15-17,19H2,1-2H3,(H,31,36)(H,32,37);3-7H2,1-2H3. The molecule has 1 unspecified atom stereocenters. The SMILES string of the molecule is CCCOCCCOC.CNC(=O)CCCC(=O)Nc1ccc2c(c1)C(COC(C)=O)c1cccc(C(=O)CCCOCCCCO)c1-2. The van der Waals surface area contributed by atoms with Crippen LogP contribution in [0.25, 0.3) is 11.1 Å². The van der Waals surface area contributed by atoms with E-state index in [2.05, 4.69) is 17.6 Å². The van der Waals surface area contributed by atoms with Gasteiger partial charge in [-0.3, -0.25) is 19.2 Å². The number of esters is 1. The van der Waals surface area contributed by atoms with Gasteiger partial charge in [-0.25, -0.2) is 0 Å². The van der Waals surface area contributed by atoms with E-state index in [0.29, 0.717) is 50.1 Å². The lowest BCUT2D eigenvalue weighted by molar-refractivity contribution is -0.141. The smallest absolute Gasteiger partial charge is 0.302 e. The summed E-state index contributed by atoms with van der Waals surface area (Å²) in [6, 6.07) is 11.2. The van der Waals surface area contributed by atoms with Crippen LogP contribution < -0.4 is 10.6 Å². The van der Waals surface area contributed by atoms with Gasteiger partial charge in [-0.05, 0) is 72.9 Å². The molecular formula is C37H54N2O9. The van der Waals surface area contributed by atoms with Gasteiger partial charge in [0.25, 0.3) is 0 Å². The number of methoxy groups -OCH3 is 1. The summed E-state index contributed by atoms with van der Waals surface area (Å²) in [4.78, 5) is 48.7. The van der Waals surface area contributed by atoms with Crippen molar-refractivity contribution in [1.82, 2.24) is 5.32 Å². The third-order valence-corrected chi connectivity index (χ3v) is 7.67. The molecule has 0 spiro atoms. The Hall–Kier alpha value is -3.64. The van der Waals surface area contributed by atoms with Crippen LogP contribution in [0.15, 0.2) is 36.4 Å². The number of ether oxygens (including phenoxy) is 4. The number of aliphatic hydroxyl groups is 1. The molecule has 2 aromatic carbocycles. The van der Waals surface area contributed by atoms with Crippen molar-refractivity contribution in [2.75, 3.05) is 65.7 Å². The van der Waals surface area contributed by atoms with Crippen molar-refractivity contribution in [1.29, 1.82) is 0 Å². The highest BCUT2D eigenvalue weighted by Gasteiger charge is 2.33. The predicted octanol–water partition coefficient (Wildman–Crippen LogP) is 5.42. The van der Waals surface area contributed by atoms with Crippen LogP contribution in [0.3, 0.4) is 0 Å². The van der Waals surface area contributed by atoms with E-state index in [9.17, 15) is 19.2 Å². The Morgan fingerprint density at radius 3 is 2.25 bits per heavy atom. The second kappa shape index (κ2) is 23.6. The number of fused-ring (bicyclic) bond motifs is 3. The maximum Gasteiger partial charge on any atom is 0.302 e. The number of carbonyl (C=O) groups excluding carboxylic acids is 4. The monoisotopic (exact) mass is 670 g/mol. The minimum atomic E-state index is -0.392. The predicted molar refractivity (Wildman–Crippen MR) is 185 cm³/mol. The van der Waals surface area contributed by atoms with Crippen molar-refractivity contribution in [2.45, 2.75) is 77.6 Å². The summed E-state index contributed by atoms with van der Waals surface area (Å²) >= 11 is 0. The number of carbonyl (C=O) groups is 4. The lowest BCUT2D eigenvalue weighted by Gasteiger charge is -2.15. The third-order valence-electron chi connectivity index (χ3n) is 7.67. The van der Waals surface area contributed by atoms with Crippen molar-refractivity contribution in [3.63, 3.8) is 0 Å². The normalized spacial score (nSPS) is 12.7. The molecule has 0 saturated heterocycles. The molecule has 1 aliphatic rings. The molecule has 0 radical (unpaired) electrons. The summed E-state index contributed by atoms with van der Waals surface area (Å²) < 4.78 is 21.0. The number of benzene rings is 2. The van der Waals surface area contributed by atoms with E-state index in [1.807, 2.05) is 30.3 Å². The van der Waals surface area contributed by atoms with Gasteiger partial charge in [0.1, 0.15) is 6.61 Å². The van der Waals surface area contributed by atoms with E-state index >= 15 is 0 Å². The molecule has 0 fully saturated rings. The van der Waals surface area contributed by atoms with Crippen molar-refractivity contribution in [2.24, 2.45) is 0 Å². The summed E-state index contributed by atoms with van der Waals surface area (Å²) in [6.45, 7) is 7.30. The number of anilines is 1. The molecule has 1 atom stereocenters. The number of unbranched alkanes of at least 4 members (excludes halogenated alkanes) is 1. The van der Waals surface area contributed by atoms with E-state index in [-0.39, 0.29) is 49.6 Å². The van der Waals surface area contributed by atoms with Crippen LogP contribution in [0.4, 0.5) is 5.69 Å². The molecule has 3 rings (SSSR count). The van der Waals surface area contributed by atoms with E-state index < -0.39 is 5.97 Å². The van der Waals surface area contributed by atoms with E-state index in [0.717, 1.165) is 61.3 Å². The minimum Gasteiger partial charge on any atom is -0.465 e. The van der Waals surface area contributed by atoms with E-state index in [1.54, 1.807) is 20.2 Å². The molecular weight excluding hydrogens is 616 g/mol. The highest BCUT2D eigenvalue weighted by molar-refractivity contribution is 6.05. The quantitative estimate of drug-likeness (QED) is 0.0848. The maximum absolute atomic E-state index is 13.2. The summed E-state index contributed by atoms with van der Waals surface area (Å²) in [7, 11) is 3.27. The van der Waals surface area contributed by atoms with Crippen LogP contribution in [0.2, 0.25) is 0 Å². The average molecular weight is 671 g/mol. The van der Waals surface area contributed by atoms with Gasteiger partial charge in [-0.2, -0.15) is 0 Å². The second-order valence-corrected chi connectivity index (χ2v) is 11.5. The molecule has 2 amide bonds. The Morgan fingerprint density at radius 2 is 1.54 bits per heavy atom. The summed E-state index contributed by atoms with van der Waals surface area (Å²) in [5.74, 6) is -0.954. The van der Waals surface area contributed by atoms with Crippen molar-refractivity contribution < 1.29 is 43.2 Å². The van der Waals surface area contributed by atoms with Crippen LogP contribution in [0, 0.1) is 0 Å². The van der Waals surface area contributed by atoms with Crippen LogP contribution in [-0.4, -0.2) is 89.1 Å². The number of amides is 2. The van der Waals surface area contributed by atoms with Gasteiger partial charge < -0.3 is 34.7 Å². The Morgan fingerprint density at radius 1 is 0.812 bits per heavy atom. The molecule has 3 N–H and O–H groups in total. The average Bonchev–Trinajstić information content (AvgIpc) is 3.39. The van der Waals surface area contributed by atoms with Crippen LogP contribution >= 0.6 is 0 Å². The first-order chi connectivity index (χ1) is 23.3. The molecule has 11 nitrogen and oxygen atoms in total. The number of hydrogen-bond donors (Lipinski definition) is 3. The van der Waals surface area contributed by atoms with Crippen molar-refractivity contribution >= 4 is 29.3 Å². The number of Topliss-reactive ketones (excluding diaryl/α,β-unsaturated/α-hetero) is 1. The van der Waals surface area contributed by atoms with Crippen LogP contribution in [0.5, 0.6) is 0 Å². The topological polar surface area (TPSA) is 149 Å². The Balaban J connectivity index is 0.000000778. The fourth-order valence-corrected chi connectivity index (χ4v) is 5.29. The first-order valence-corrected chi connectivity index (χ1v) is 17.0. The lowest BCUT2D eigenvalue weighted by Crippen LogP contribution is -2.18. The molecule has 0 bridgehead atoms. The van der Waals surface area contributed by atoms with Gasteiger partial charge in [0.15, 0.2) is 5.78 Å². The van der Waals surface area contributed by atoms with E-state index in [1.165, 1.54) is 6.92 Å². The van der Waals surface area contributed by atoms with Crippen LogP contribution in [-0.2, 0) is 33.3 Å². The maximum atomic E-state index is 13.2. The van der Waals surface area contributed by atoms with Gasteiger partial charge in [-0.1, -0.05) is 31.2 Å². The zero-order valence-corrected chi connectivity index (χ0v) is 29.1. The highest BCUT2D eigenvalue weighted by atomic mass is 16.5. The number of rotatable bonds is 22. The van der Waals surface area contributed by atoms with Gasteiger partial charge >= 0.3 is 5.97 Å². The van der Waals surface area contributed by atoms with E-state index in [4.69, 9.17) is 24.1 Å². The fraction of sp³-hybridized carbons (Fsp3) is 0.568. The number of nitrogens with one attached hydrogen (secondary N) is 2. The fourth-order valence-electron chi connectivity index (χ4n) is 5.29. The number of hydrogen-bond acceptors (Lipinski definition) is 9. The molecule has 1 aliphatic carbocycles. The third kappa shape index (κ3) is 14.2. The highest BCUT2D eigenvalue weighted by Crippen LogP contribution is 2.47. The van der Waals surface area contributed by atoms with Crippen LogP contribution in [0.1, 0.15) is 99.0 Å².